The van der Waals surface area contributed by atoms with E-state index in [9.17, 15) is 22.4 Å². The van der Waals surface area contributed by atoms with Crippen LogP contribution in [-0.4, -0.2) is 54.9 Å². The topological polar surface area (TPSA) is 173 Å². The van der Waals surface area contributed by atoms with E-state index in [0.717, 1.165) is 15.8 Å². The van der Waals surface area contributed by atoms with Gasteiger partial charge in [0.1, 0.15) is 24.1 Å². The number of aromatic amines is 1. The smallest absolute Gasteiger partial charge is 0.490 e. The number of alkyl halides is 4. The minimum absolute atomic E-state index is 0.0237. The van der Waals surface area contributed by atoms with E-state index in [1.807, 2.05) is 12.1 Å². The van der Waals surface area contributed by atoms with Crippen molar-refractivity contribution in [1.29, 1.82) is 5.41 Å². The number of amidine groups is 1. The number of methoxy groups -OCH3 is 1. The summed E-state index contributed by atoms with van der Waals surface area (Å²) in [7, 11) is 1.51. The summed E-state index contributed by atoms with van der Waals surface area (Å²) in [6.45, 7) is -0.660. The Morgan fingerprint density at radius 1 is 1.15 bits per heavy atom. The molecule has 0 aliphatic heterocycles. The first-order chi connectivity index (χ1) is 18.9. The highest BCUT2D eigenvalue weighted by atomic mass is 19.4. The Hall–Kier alpha value is -5.08. The SMILES string of the molecule is COc1cc(CF)cc(C(Cc2ccc(C(=N)N)cc2)c2nn(-c3ncccn3)c(=O)[nH]2)c1.O=C(O)C(F)(F)F. The van der Waals surface area contributed by atoms with Crippen LogP contribution in [0.25, 0.3) is 5.95 Å². The van der Waals surface area contributed by atoms with Gasteiger partial charge in [-0.05, 0) is 41.3 Å². The summed E-state index contributed by atoms with van der Waals surface area (Å²) in [6, 6.07) is 14.0. The van der Waals surface area contributed by atoms with E-state index >= 15 is 0 Å². The van der Waals surface area contributed by atoms with Crippen molar-refractivity contribution in [1.82, 2.24) is 24.7 Å². The monoisotopic (exact) mass is 561 g/mol. The van der Waals surface area contributed by atoms with Crippen LogP contribution in [0, 0.1) is 5.41 Å². The first-order valence-electron chi connectivity index (χ1n) is 11.4. The summed E-state index contributed by atoms with van der Waals surface area (Å²) < 4.78 is 51.7. The zero-order valence-corrected chi connectivity index (χ0v) is 20.8. The quantitative estimate of drug-likeness (QED) is 0.144. The predicted molar refractivity (Wildman–Crippen MR) is 134 cm³/mol. The summed E-state index contributed by atoms with van der Waals surface area (Å²) >= 11 is 0. The molecule has 0 radical (unpaired) electrons. The number of carbonyl (C=O) groups is 1. The molecule has 4 rings (SSSR count). The average molecular weight is 561 g/mol. The van der Waals surface area contributed by atoms with Gasteiger partial charge in [-0.25, -0.2) is 23.9 Å². The third-order valence-electron chi connectivity index (χ3n) is 5.44. The molecule has 11 nitrogen and oxygen atoms in total. The van der Waals surface area contributed by atoms with E-state index in [4.69, 9.17) is 25.8 Å². The molecule has 0 amide bonds. The third-order valence-corrected chi connectivity index (χ3v) is 5.44. The van der Waals surface area contributed by atoms with Gasteiger partial charge in [-0.3, -0.25) is 10.4 Å². The first-order valence-corrected chi connectivity index (χ1v) is 11.4. The Labute approximate surface area is 223 Å². The van der Waals surface area contributed by atoms with Crippen LogP contribution in [-0.2, 0) is 17.9 Å². The number of H-pyrrole nitrogens is 1. The number of benzene rings is 2. The number of hydrogen-bond donors (Lipinski definition) is 4. The number of nitrogens with two attached hydrogens (primary N) is 1. The van der Waals surface area contributed by atoms with Crippen LogP contribution in [0.1, 0.15) is 34.0 Å². The van der Waals surface area contributed by atoms with Crippen molar-refractivity contribution in [2.75, 3.05) is 7.11 Å². The molecular weight excluding hydrogens is 538 g/mol. The van der Waals surface area contributed by atoms with Gasteiger partial charge in [-0.2, -0.15) is 13.2 Å². The van der Waals surface area contributed by atoms with Gasteiger partial charge in [0, 0.05) is 23.9 Å². The van der Waals surface area contributed by atoms with Crippen LogP contribution in [0.4, 0.5) is 17.6 Å². The lowest BCUT2D eigenvalue weighted by molar-refractivity contribution is -0.192. The van der Waals surface area contributed by atoms with Crippen LogP contribution in [0.15, 0.2) is 65.7 Å². The second-order valence-electron chi connectivity index (χ2n) is 8.19. The summed E-state index contributed by atoms with van der Waals surface area (Å²) in [4.78, 5) is 32.5. The second kappa shape index (κ2) is 12.6. The van der Waals surface area contributed by atoms with Crippen LogP contribution in [0.3, 0.4) is 0 Å². The molecule has 0 saturated carbocycles. The highest BCUT2D eigenvalue weighted by Gasteiger charge is 2.38. The number of nitrogens with one attached hydrogen (secondary N) is 2. The van der Waals surface area contributed by atoms with E-state index in [0.29, 0.717) is 29.1 Å². The van der Waals surface area contributed by atoms with E-state index in [2.05, 4.69) is 20.1 Å². The summed E-state index contributed by atoms with van der Waals surface area (Å²) in [6.07, 6.45) is -1.60. The number of aliphatic carboxylic acids is 1. The zero-order valence-electron chi connectivity index (χ0n) is 20.8. The normalized spacial score (nSPS) is 11.7. The molecule has 15 heteroatoms. The molecule has 40 heavy (non-hydrogen) atoms. The number of carboxylic acids is 1. The van der Waals surface area contributed by atoms with Gasteiger partial charge >= 0.3 is 17.8 Å². The molecule has 1 atom stereocenters. The molecule has 2 aromatic heterocycles. The molecule has 0 fully saturated rings. The van der Waals surface area contributed by atoms with Gasteiger partial charge in [0.25, 0.3) is 5.95 Å². The molecule has 0 aliphatic carbocycles. The average Bonchev–Trinajstić information content (AvgIpc) is 3.32. The fraction of sp³-hybridized carbons (Fsp3) is 0.200. The predicted octanol–water partition coefficient (Wildman–Crippen LogP) is 3.12. The lowest BCUT2D eigenvalue weighted by Gasteiger charge is -2.17. The molecule has 210 valence electrons. The van der Waals surface area contributed by atoms with Gasteiger partial charge in [-0.15, -0.1) is 9.78 Å². The Balaban J connectivity index is 0.000000559. The molecule has 0 saturated heterocycles. The maximum absolute atomic E-state index is 13.5. The molecule has 0 aliphatic rings. The van der Waals surface area contributed by atoms with Crippen molar-refractivity contribution in [3.8, 4) is 11.7 Å². The van der Waals surface area contributed by atoms with E-state index in [1.165, 1.54) is 19.5 Å². The summed E-state index contributed by atoms with van der Waals surface area (Å²) in [5.41, 5.74) is 7.78. The Morgan fingerprint density at radius 3 is 2.30 bits per heavy atom. The minimum Gasteiger partial charge on any atom is -0.497 e. The standard InChI is InChI=1S/C23H22FN7O2.C2HF3O2/c1-33-18-10-15(13-24)9-17(12-18)19(11-14-3-5-16(6-4-14)20(25)26)21-29-23(32)31(30-21)22-27-7-2-8-28-22;3-2(4,5)1(6)7/h2-10,12,19H,11,13H2,1H3,(H3,25,26)(H,29,30,32);(H,6,7). The van der Waals surface area contributed by atoms with Crippen LogP contribution < -0.4 is 16.2 Å². The van der Waals surface area contributed by atoms with Crippen LogP contribution >= 0.6 is 0 Å². The van der Waals surface area contributed by atoms with Crippen molar-refractivity contribution in [3.05, 3.63) is 99.5 Å². The third kappa shape index (κ3) is 7.49. The van der Waals surface area contributed by atoms with Crippen molar-refractivity contribution < 1.29 is 32.2 Å². The number of carboxylic acid groups (broad SMARTS) is 1. The first kappa shape index (κ1) is 29.5. The summed E-state index contributed by atoms with van der Waals surface area (Å²) in [5, 5.41) is 19.1. The van der Waals surface area contributed by atoms with Crippen LogP contribution in [0.2, 0.25) is 0 Å². The lowest BCUT2D eigenvalue weighted by atomic mass is 9.90. The molecule has 2 heterocycles. The molecule has 2 aromatic carbocycles. The maximum atomic E-state index is 13.5. The van der Waals surface area contributed by atoms with Gasteiger partial charge in [-0.1, -0.05) is 30.3 Å². The van der Waals surface area contributed by atoms with Gasteiger partial charge in [0.05, 0.1) is 7.11 Å². The second-order valence-corrected chi connectivity index (χ2v) is 8.19. The maximum Gasteiger partial charge on any atom is 0.490 e. The summed E-state index contributed by atoms with van der Waals surface area (Å²) in [5.74, 6) is -2.18. The van der Waals surface area contributed by atoms with Crippen molar-refractivity contribution in [2.45, 2.75) is 25.2 Å². The van der Waals surface area contributed by atoms with Gasteiger partial charge < -0.3 is 15.6 Å². The zero-order chi connectivity index (χ0) is 29.4. The van der Waals surface area contributed by atoms with Gasteiger partial charge in [0.15, 0.2) is 0 Å². The Bertz CT molecular complexity index is 1500. The number of nitrogen functional groups attached to an aromatic ring is 1. The molecule has 0 spiro atoms. The number of rotatable bonds is 8. The van der Waals surface area contributed by atoms with E-state index < -0.39 is 30.4 Å². The van der Waals surface area contributed by atoms with Crippen molar-refractivity contribution in [3.63, 3.8) is 0 Å². The molecule has 5 N–H and O–H groups in total. The number of halogens is 4. The Kier molecular flexibility index (Phi) is 9.32. The van der Waals surface area contributed by atoms with Gasteiger partial charge in [0.2, 0.25) is 0 Å². The molecule has 1 unspecified atom stereocenters. The highest BCUT2D eigenvalue weighted by molar-refractivity contribution is 5.94. The number of hydrogen-bond acceptors (Lipinski definition) is 7. The molecular formula is C25H23F4N7O4. The lowest BCUT2D eigenvalue weighted by Crippen LogP contribution is -2.21. The minimum atomic E-state index is -5.08. The van der Waals surface area contributed by atoms with Crippen molar-refractivity contribution >= 4 is 11.8 Å². The number of ether oxygens (including phenoxy) is 1. The number of nitrogens with zero attached hydrogens (tertiary/aromatic N) is 4. The largest absolute Gasteiger partial charge is 0.497 e. The molecule has 0 bridgehead atoms. The fourth-order valence-electron chi connectivity index (χ4n) is 3.54. The number of aromatic nitrogens is 5. The Morgan fingerprint density at radius 2 is 1.77 bits per heavy atom. The van der Waals surface area contributed by atoms with Crippen LogP contribution in [0.5, 0.6) is 5.75 Å². The molecule has 4 aromatic rings. The van der Waals surface area contributed by atoms with E-state index in [-0.39, 0.29) is 11.8 Å². The highest BCUT2D eigenvalue weighted by Crippen LogP contribution is 2.30. The van der Waals surface area contributed by atoms with Crippen molar-refractivity contribution in [2.24, 2.45) is 5.73 Å². The van der Waals surface area contributed by atoms with E-state index in [1.54, 1.807) is 36.4 Å². The fourth-order valence-corrected chi connectivity index (χ4v) is 3.54.